The van der Waals surface area contributed by atoms with Gasteiger partial charge in [0.05, 0.1) is 12.3 Å². The van der Waals surface area contributed by atoms with Gasteiger partial charge in [0, 0.05) is 17.8 Å². The Bertz CT molecular complexity index is 697. The van der Waals surface area contributed by atoms with Crippen LogP contribution < -0.4 is 5.32 Å². The fourth-order valence-corrected chi connectivity index (χ4v) is 2.51. The highest BCUT2D eigenvalue weighted by molar-refractivity contribution is 5.85. The third kappa shape index (κ3) is 2.02. The number of furan rings is 1. The van der Waals surface area contributed by atoms with Crippen LogP contribution in [0.5, 0.6) is 0 Å². The van der Waals surface area contributed by atoms with Crippen LogP contribution in [-0.2, 0) is 0 Å². The molecule has 1 aromatic carbocycles. The molecular formula is C16H16N2O. The molecule has 0 saturated heterocycles. The molecule has 0 fully saturated rings. The molecule has 0 aliphatic heterocycles. The summed E-state index contributed by atoms with van der Waals surface area (Å²) in [7, 11) is 1.95. The smallest absolute Gasteiger partial charge is 0.128 e. The number of hydrogen-bond acceptors (Lipinski definition) is 3. The van der Waals surface area contributed by atoms with Crippen LogP contribution in [-0.4, -0.2) is 12.0 Å². The fourth-order valence-electron chi connectivity index (χ4n) is 2.51. The van der Waals surface area contributed by atoms with Crippen LogP contribution in [0.4, 0.5) is 0 Å². The summed E-state index contributed by atoms with van der Waals surface area (Å²) < 4.78 is 5.64. The predicted molar refractivity (Wildman–Crippen MR) is 76.1 cm³/mol. The van der Waals surface area contributed by atoms with E-state index in [1.807, 2.05) is 31.6 Å². The van der Waals surface area contributed by atoms with E-state index in [0.29, 0.717) is 0 Å². The van der Waals surface area contributed by atoms with Crippen molar-refractivity contribution in [1.29, 1.82) is 0 Å². The molecule has 19 heavy (non-hydrogen) atoms. The highest BCUT2D eigenvalue weighted by atomic mass is 16.3. The Balaban J connectivity index is 2.20. The molecule has 0 aliphatic carbocycles. The number of fused-ring (bicyclic) bond motifs is 1. The molecule has 0 spiro atoms. The molecule has 0 amide bonds. The van der Waals surface area contributed by atoms with Gasteiger partial charge in [0.1, 0.15) is 5.76 Å². The summed E-state index contributed by atoms with van der Waals surface area (Å²) in [4.78, 5) is 4.18. The van der Waals surface area contributed by atoms with Crippen molar-refractivity contribution in [2.45, 2.75) is 13.0 Å². The van der Waals surface area contributed by atoms with Crippen LogP contribution in [0.25, 0.3) is 10.8 Å². The van der Waals surface area contributed by atoms with Crippen LogP contribution in [0.3, 0.4) is 0 Å². The van der Waals surface area contributed by atoms with E-state index in [1.165, 1.54) is 10.9 Å². The minimum absolute atomic E-state index is 0.0566. The summed E-state index contributed by atoms with van der Waals surface area (Å²) in [5.74, 6) is 0.965. The summed E-state index contributed by atoms with van der Waals surface area (Å²) in [6, 6.07) is 10.4. The third-order valence-corrected chi connectivity index (χ3v) is 3.48. The molecule has 2 aromatic heterocycles. The molecule has 1 atom stereocenters. The standard InChI is InChI=1S/C16H16N2O/c1-11-7-9-19-16(11)15(17-2)14-5-3-4-12-10-18-8-6-13(12)14/h3-10,15,17H,1-2H3. The van der Waals surface area contributed by atoms with Crippen molar-refractivity contribution in [3.05, 3.63) is 65.9 Å². The lowest BCUT2D eigenvalue weighted by atomic mass is 9.97. The first-order valence-corrected chi connectivity index (χ1v) is 6.35. The van der Waals surface area contributed by atoms with Gasteiger partial charge in [-0.25, -0.2) is 0 Å². The van der Waals surface area contributed by atoms with Crippen molar-refractivity contribution >= 4 is 10.8 Å². The molecule has 3 rings (SSSR count). The molecule has 0 bridgehead atoms. The second-order valence-electron chi connectivity index (χ2n) is 4.63. The molecule has 96 valence electrons. The lowest BCUT2D eigenvalue weighted by Gasteiger charge is -2.17. The largest absolute Gasteiger partial charge is 0.467 e. The van der Waals surface area contributed by atoms with E-state index < -0.39 is 0 Å². The molecule has 1 N–H and O–H groups in total. The third-order valence-electron chi connectivity index (χ3n) is 3.48. The highest BCUT2D eigenvalue weighted by Crippen LogP contribution is 2.30. The quantitative estimate of drug-likeness (QED) is 0.776. The van der Waals surface area contributed by atoms with Crippen LogP contribution in [0.15, 0.2) is 53.4 Å². The normalized spacial score (nSPS) is 12.7. The van der Waals surface area contributed by atoms with Crippen LogP contribution in [0, 0.1) is 6.92 Å². The van der Waals surface area contributed by atoms with Gasteiger partial charge in [-0.05, 0) is 42.6 Å². The molecule has 0 radical (unpaired) electrons. The topological polar surface area (TPSA) is 38.1 Å². The number of aryl methyl sites for hydroxylation is 1. The molecule has 0 saturated carbocycles. The Morgan fingerprint density at radius 1 is 1.21 bits per heavy atom. The zero-order valence-corrected chi connectivity index (χ0v) is 11.1. The average molecular weight is 252 g/mol. The van der Waals surface area contributed by atoms with E-state index in [9.17, 15) is 0 Å². The predicted octanol–water partition coefficient (Wildman–Crippen LogP) is 3.45. The highest BCUT2D eigenvalue weighted by Gasteiger charge is 2.19. The van der Waals surface area contributed by atoms with Crippen molar-refractivity contribution in [1.82, 2.24) is 10.3 Å². The Morgan fingerprint density at radius 2 is 2.11 bits per heavy atom. The number of rotatable bonds is 3. The summed E-state index contributed by atoms with van der Waals surface area (Å²) in [6.07, 6.45) is 5.45. The van der Waals surface area contributed by atoms with Gasteiger partial charge in [-0.15, -0.1) is 0 Å². The van der Waals surface area contributed by atoms with Crippen LogP contribution in [0.2, 0.25) is 0 Å². The van der Waals surface area contributed by atoms with Crippen molar-refractivity contribution < 1.29 is 4.42 Å². The first-order valence-electron chi connectivity index (χ1n) is 6.35. The molecule has 3 aromatic rings. The SMILES string of the molecule is CNC(c1occc1C)c1cccc2cnccc12. The molecule has 0 aliphatic rings. The summed E-state index contributed by atoms with van der Waals surface area (Å²) in [6.45, 7) is 2.07. The molecule has 1 unspecified atom stereocenters. The minimum atomic E-state index is 0.0566. The molecule has 3 heteroatoms. The zero-order valence-electron chi connectivity index (χ0n) is 11.1. The Hall–Kier alpha value is -2.13. The Kier molecular flexibility index (Phi) is 3.05. The van der Waals surface area contributed by atoms with Crippen molar-refractivity contribution in [2.24, 2.45) is 0 Å². The number of pyridine rings is 1. The maximum absolute atomic E-state index is 5.64. The second kappa shape index (κ2) is 4.86. The Morgan fingerprint density at radius 3 is 2.84 bits per heavy atom. The zero-order chi connectivity index (χ0) is 13.2. The van der Waals surface area contributed by atoms with E-state index in [1.54, 1.807) is 6.26 Å². The summed E-state index contributed by atoms with van der Waals surface area (Å²) in [5, 5.41) is 5.68. The molecule has 2 heterocycles. The molecular weight excluding hydrogens is 236 g/mol. The Labute approximate surface area is 112 Å². The van der Waals surface area contributed by atoms with Gasteiger partial charge in [-0.3, -0.25) is 4.98 Å². The van der Waals surface area contributed by atoms with Gasteiger partial charge >= 0.3 is 0 Å². The number of nitrogens with zero attached hydrogens (tertiary/aromatic N) is 1. The first-order chi connectivity index (χ1) is 9.31. The second-order valence-corrected chi connectivity index (χ2v) is 4.63. The van der Waals surface area contributed by atoms with Crippen molar-refractivity contribution in [2.75, 3.05) is 7.05 Å². The van der Waals surface area contributed by atoms with E-state index >= 15 is 0 Å². The van der Waals surface area contributed by atoms with Crippen LogP contribution >= 0.6 is 0 Å². The van der Waals surface area contributed by atoms with Gasteiger partial charge in [0.25, 0.3) is 0 Å². The van der Waals surface area contributed by atoms with Gasteiger partial charge in [0.2, 0.25) is 0 Å². The number of aromatic nitrogens is 1. The monoisotopic (exact) mass is 252 g/mol. The number of nitrogens with one attached hydrogen (secondary N) is 1. The fraction of sp³-hybridized carbons (Fsp3) is 0.188. The molecule has 3 nitrogen and oxygen atoms in total. The van der Waals surface area contributed by atoms with Crippen molar-refractivity contribution in [3.63, 3.8) is 0 Å². The average Bonchev–Trinajstić information content (AvgIpc) is 2.86. The van der Waals surface area contributed by atoms with Gasteiger partial charge in [0.15, 0.2) is 0 Å². The van der Waals surface area contributed by atoms with E-state index in [-0.39, 0.29) is 6.04 Å². The van der Waals surface area contributed by atoms with Gasteiger partial charge in [-0.2, -0.15) is 0 Å². The maximum Gasteiger partial charge on any atom is 0.128 e. The lowest BCUT2D eigenvalue weighted by molar-refractivity contribution is 0.461. The summed E-state index contributed by atoms with van der Waals surface area (Å²) in [5.41, 5.74) is 2.37. The van der Waals surface area contributed by atoms with Crippen molar-refractivity contribution in [3.8, 4) is 0 Å². The maximum atomic E-state index is 5.64. The number of hydrogen-bond donors (Lipinski definition) is 1. The number of benzene rings is 1. The first kappa shape index (κ1) is 11.9. The minimum Gasteiger partial charge on any atom is -0.467 e. The van der Waals surface area contributed by atoms with E-state index in [4.69, 9.17) is 4.42 Å². The summed E-state index contributed by atoms with van der Waals surface area (Å²) >= 11 is 0. The van der Waals surface area contributed by atoms with E-state index in [0.717, 1.165) is 16.7 Å². The van der Waals surface area contributed by atoms with E-state index in [2.05, 4.69) is 35.4 Å². The lowest BCUT2D eigenvalue weighted by Crippen LogP contribution is -2.18. The van der Waals surface area contributed by atoms with Gasteiger partial charge in [-0.1, -0.05) is 18.2 Å². The van der Waals surface area contributed by atoms with Gasteiger partial charge < -0.3 is 9.73 Å². The van der Waals surface area contributed by atoms with Crippen LogP contribution in [0.1, 0.15) is 22.9 Å².